The fraction of sp³-hybridized carbons (Fsp3) is 0.458. The number of amides is 1. The number of sulfonamides is 1. The van der Waals surface area contributed by atoms with Crippen molar-refractivity contribution in [2.75, 3.05) is 32.8 Å². The van der Waals surface area contributed by atoms with E-state index in [0.717, 1.165) is 25.8 Å². The second-order valence-corrected chi connectivity index (χ2v) is 10.1. The van der Waals surface area contributed by atoms with E-state index in [1.165, 1.54) is 9.87 Å². The normalized spacial score (nSPS) is 21.2. The highest BCUT2D eigenvalue weighted by molar-refractivity contribution is 7.89. The van der Waals surface area contributed by atoms with Gasteiger partial charge in [0, 0.05) is 37.2 Å². The maximum absolute atomic E-state index is 13.3. The number of rotatable bonds is 6. The van der Waals surface area contributed by atoms with Crippen LogP contribution in [0.25, 0.3) is 0 Å². The Bertz CT molecular complexity index is 986. The highest BCUT2D eigenvalue weighted by Gasteiger charge is 2.35. The Morgan fingerprint density at radius 2 is 1.71 bits per heavy atom. The summed E-state index contributed by atoms with van der Waals surface area (Å²) < 4.78 is 32.4. The molecule has 31 heavy (non-hydrogen) atoms. The highest BCUT2D eigenvalue weighted by Crippen LogP contribution is 2.34. The summed E-state index contributed by atoms with van der Waals surface area (Å²) in [5.74, 6) is 0.279. The molecule has 2 aromatic carbocycles. The second-order valence-electron chi connectivity index (χ2n) is 8.17. The Labute approximate surface area is 184 Å². The molecule has 7 heteroatoms. The van der Waals surface area contributed by atoms with Gasteiger partial charge in [0.15, 0.2) is 0 Å². The van der Waals surface area contributed by atoms with E-state index in [1.54, 1.807) is 24.3 Å². The molecule has 0 unspecified atom stereocenters. The molecule has 0 spiro atoms. The molecule has 0 aromatic heterocycles. The predicted molar refractivity (Wildman–Crippen MR) is 120 cm³/mol. The second kappa shape index (κ2) is 9.51. The standard InChI is InChI=1S/C24H30N2O4S/c1-2-22(19-7-4-3-5-8-19)23-9-6-14-26(23)24(27)20-10-12-21(13-11-20)31(28,29)25-15-17-30-18-16-25/h3-5,7-8,10-13,22-23H,2,6,9,14-18H2,1H3/t22-,23+/m0/s1. The lowest BCUT2D eigenvalue weighted by Gasteiger charge is -2.32. The molecule has 2 heterocycles. The molecular weight excluding hydrogens is 412 g/mol. The van der Waals surface area contributed by atoms with E-state index in [2.05, 4.69) is 19.1 Å². The molecule has 0 radical (unpaired) electrons. The van der Waals surface area contributed by atoms with Crippen molar-refractivity contribution >= 4 is 15.9 Å². The number of carbonyl (C=O) groups excluding carboxylic acids is 1. The van der Waals surface area contributed by atoms with Crippen molar-refractivity contribution in [2.24, 2.45) is 0 Å². The summed E-state index contributed by atoms with van der Waals surface area (Å²) in [6.07, 6.45) is 2.95. The first kappa shape index (κ1) is 22.0. The average Bonchev–Trinajstić information content (AvgIpc) is 3.30. The Hall–Kier alpha value is -2.22. The van der Waals surface area contributed by atoms with Crippen LogP contribution in [0.1, 0.15) is 48.0 Å². The van der Waals surface area contributed by atoms with E-state index < -0.39 is 10.0 Å². The molecule has 6 nitrogen and oxygen atoms in total. The Kier molecular flexibility index (Phi) is 6.74. The topological polar surface area (TPSA) is 66.9 Å². The number of benzene rings is 2. The number of hydrogen-bond acceptors (Lipinski definition) is 4. The van der Waals surface area contributed by atoms with E-state index in [1.807, 2.05) is 23.1 Å². The maximum atomic E-state index is 13.3. The van der Waals surface area contributed by atoms with Crippen LogP contribution in [0.15, 0.2) is 59.5 Å². The molecule has 0 bridgehead atoms. The number of hydrogen-bond donors (Lipinski definition) is 0. The van der Waals surface area contributed by atoms with Gasteiger partial charge in [-0.15, -0.1) is 0 Å². The van der Waals surface area contributed by atoms with Crippen LogP contribution in [0, 0.1) is 0 Å². The molecule has 4 rings (SSSR count). The third kappa shape index (κ3) is 4.54. The SMILES string of the molecule is CC[C@@H](c1ccccc1)[C@H]1CCCN1C(=O)c1ccc(S(=O)(=O)N2CCOCC2)cc1. The van der Waals surface area contributed by atoms with Crippen molar-refractivity contribution in [1.82, 2.24) is 9.21 Å². The number of morpholine rings is 1. The molecule has 1 amide bonds. The van der Waals surface area contributed by atoms with Gasteiger partial charge in [0.2, 0.25) is 10.0 Å². The van der Waals surface area contributed by atoms with Crippen LogP contribution in [0.4, 0.5) is 0 Å². The first-order chi connectivity index (χ1) is 15.0. The van der Waals surface area contributed by atoms with Crippen LogP contribution in [0.3, 0.4) is 0 Å². The number of nitrogens with zero attached hydrogens (tertiary/aromatic N) is 2. The van der Waals surface area contributed by atoms with Crippen LogP contribution >= 0.6 is 0 Å². The van der Waals surface area contributed by atoms with Crippen molar-refractivity contribution in [3.05, 3.63) is 65.7 Å². The molecule has 0 aliphatic carbocycles. The maximum Gasteiger partial charge on any atom is 0.254 e. The summed E-state index contributed by atoms with van der Waals surface area (Å²) in [6, 6.07) is 17.0. The van der Waals surface area contributed by atoms with E-state index >= 15 is 0 Å². The van der Waals surface area contributed by atoms with Gasteiger partial charge >= 0.3 is 0 Å². The predicted octanol–water partition coefficient (Wildman–Crippen LogP) is 3.51. The van der Waals surface area contributed by atoms with Crippen LogP contribution in [-0.4, -0.2) is 62.4 Å². The van der Waals surface area contributed by atoms with E-state index in [0.29, 0.717) is 37.8 Å². The summed E-state index contributed by atoms with van der Waals surface area (Å²) in [7, 11) is -3.56. The monoisotopic (exact) mass is 442 g/mol. The van der Waals surface area contributed by atoms with Gasteiger partial charge in [-0.2, -0.15) is 4.31 Å². The quantitative estimate of drug-likeness (QED) is 0.687. The zero-order chi connectivity index (χ0) is 21.8. The summed E-state index contributed by atoms with van der Waals surface area (Å²) in [5, 5.41) is 0. The Morgan fingerprint density at radius 1 is 1.03 bits per heavy atom. The van der Waals surface area contributed by atoms with E-state index in [9.17, 15) is 13.2 Å². The number of likely N-dealkylation sites (tertiary alicyclic amines) is 1. The van der Waals surface area contributed by atoms with Gasteiger partial charge in [-0.25, -0.2) is 8.42 Å². The first-order valence-corrected chi connectivity index (χ1v) is 12.5. The van der Waals surface area contributed by atoms with Gasteiger partial charge in [-0.05, 0) is 49.1 Å². The van der Waals surface area contributed by atoms with Crippen molar-refractivity contribution in [3.8, 4) is 0 Å². The largest absolute Gasteiger partial charge is 0.379 e. The highest BCUT2D eigenvalue weighted by atomic mass is 32.2. The van der Waals surface area contributed by atoms with Crippen molar-refractivity contribution in [2.45, 2.75) is 43.0 Å². The zero-order valence-corrected chi connectivity index (χ0v) is 18.8. The third-order valence-electron chi connectivity index (χ3n) is 6.40. The minimum Gasteiger partial charge on any atom is -0.379 e. The van der Waals surface area contributed by atoms with Gasteiger partial charge in [0.25, 0.3) is 5.91 Å². The molecular formula is C24H30N2O4S. The molecule has 2 aromatic rings. The van der Waals surface area contributed by atoms with Gasteiger partial charge in [-0.3, -0.25) is 4.79 Å². The first-order valence-electron chi connectivity index (χ1n) is 11.1. The summed E-state index contributed by atoms with van der Waals surface area (Å²) in [5.41, 5.74) is 1.80. The smallest absolute Gasteiger partial charge is 0.254 e. The van der Waals surface area contributed by atoms with Crippen LogP contribution in [0.2, 0.25) is 0 Å². The van der Waals surface area contributed by atoms with Crippen molar-refractivity contribution < 1.29 is 17.9 Å². The van der Waals surface area contributed by atoms with Crippen molar-refractivity contribution in [3.63, 3.8) is 0 Å². The Balaban J connectivity index is 1.52. The molecule has 166 valence electrons. The van der Waals surface area contributed by atoms with Crippen molar-refractivity contribution in [1.29, 1.82) is 0 Å². The molecule has 2 atom stereocenters. The lowest BCUT2D eigenvalue weighted by atomic mass is 9.87. The van der Waals surface area contributed by atoms with Crippen LogP contribution in [-0.2, 0) is 14.8 Å². The molecule has 0 saturated carbocycles. The summed E-state index contributed by atoms with van der Waals surface area (Å²) in [4.78, 5) is 15.5. The molecule has 0 N–H and O–H groups in total. The molecule has 2 saturated heterocycles. The van der Waals surface area contributed by atoms with Crippen LogP contribution in [0.5, 0.6) is 0 Å². The summed E-state index contributed by atoms with van der Waals surface area (Å²) in [6.45, 7) is 4.44. The lowest BCUT2D eigenvalue weighted by molar-refractivity contribution is 0.0714. The molecule has 2 aliphatic heterocycles. The fourth-order valence-electron chi connectivity index (χ4n) is 4.76. The molecule has 2 aliphatic rings. The zero-order valence-electron chi connectivity index (χ0n) is 17.9. The Morgan fingerprint density at radius 3 is 2.35 bits per heavy atom. The number of ether oxygens (including phenoxy) is 1. The van der Waals surface area contributed by atoms with Gasteiger partial charge < -0.3 is 9.64 Å². The van der Waals surface area contributed by atoms with Crippen LogP contribution < -0.4 is 0 Å². The van der Waals surface area contributed by atoms with E-state index in [-0.39, 0.29) is 16.8 Å². The minimum absolute atomic E-state index is 0.0211. The average molecular weight is 443 g/mol. The minimum atomic E-state index is -3.56. The van der Waals surface area contributed by atoms with Gasteiger partial charge in [0.1, 0.15) is 0 Å². The van der Waals surface area contributed by atoms with E-state index in [4.69, 9.17) is 4.74 Å². The number of carbonyl (C=O) groups is 1. The molecule has 2 fully saturated rings. The lowest BCUT2D eigenvalue weighted by Crippen LogP contribution is -2.40. The van der Waals surface area contributed by atoms with Gasteiger partial charge in [0.05, 0.1) is 18.1 Å². The third-order valence-corrected chi connectivity index (χ3v) is 8.31. The summed E-state index contributed by atoms with van der Waals surface area (Å²) >= 11 is 0. The fourth-order valence-corrected chi connectivity index (χ4v) is 6.17. The van der Waals surface area contributed by atoms with Gasteiger partial charge in [-0.1, -0.05) is 37.3 Å².